The van der Waals surface area contributed by atoms with E-state index in [4.69, 9.17) is 14.2 Å². The Labute approximate surface area is 136 Å². The fraction of sp³-hybridized carbons (Fsp3) is 0.533. The van der Waals surface area contributed by atoms with Gasteiger partial charge in [0, 0.05) is 31.2 Å². The number of piperazine rings is 1. The van der Waals surface area contributed by atoms with Crippen LogP contribution in [0.15, 0.2) is 12.1 Å². The Hall–Kier alpha value is -1.66. The predicted octanol–water partition coefficient (Wildman–Crippen LogP) is 1.32. The highest BCUT2D eigenvalue weighted by Crippen LogP contribution is 2.40. The van der Waals surface area contributed by atoms with Gasteiger partial charge in [-0.15, -0.1) is 12.4 Å². The minimum absolute atomic E-state index is 0. The topological polar surface area (TPSA) is 60.0 Å². The number of methoxy groups -OCH3 is 1. The number of halogens is 1. The summed E-state index contributed by atoms with van der Waals surface area (Å²) in [5.41, 5.74) is 0.574. The van der Waals surface area contributed by atoms with Crippen molar-refractivity contribution in [2.45, 2.75) is 13.0 Å². The molecule has 0 aliphatic carbocycles. The molecule has 1 saturated heterocycles. The lowest BCUT2D eigenvalue weighted by molar-refractivity contribution is 0.0707. The summed E-state index contributed by atoms with van der Waals surface area (Å²) in [4.78, 5) is 14.5. The van der Waals surface area contributed by atoms with Crippen molar-refractivity contribution in [3.05, 3.63) is 17.7 Å². The molecular formula is C15H21ClN2O4. The molecule has 1 N–H and O–H groups in total. The van der Waals surface area contributed by atoms with Gasteiger partial charge in [-0.2, -0.15) is 0 Å². The van der Waals surface area contributed by atoms with Crippen LogP contribution in [0.5, 0.6) is 17.2 Å². The van der Waals surface area contributed by atoms with Crippen molar-refractivity contribution in [3.63, 3.8) is 0 Å². The molecule has 0 saturated carbocycles. The Bertz CT molecular complexity index is 535. The van der Waals surface area contributed by atoms with Crippen LogP contribution >= 0.6 is 12.4 Å². The number of carbonyl (C=O) groups excluding carboxylic acids is 1. The molecule has 1 atom stereocenters. The van der Waals surface area contributed by atoms with Crippen LogP contribution in [0.25, 0.3) is 0 Å². The van der Waals surface area contributed by atoms with Gasteiger partial charge in [0.15, 0.2) is 11.5 Å². The molecule has 6 nitrogen and oxygen atoms in total. The van der Waals surface area contributed by atoms with Crippen LogP contribution in [0.1, 0.15) is 17.3 Å². The summed E-state index contributed by atoms with van der Waals surface area (Å²) in [6.45, 7) is 5.28. The van der Waals surface area contributed by atoms with E-state index in [9.17, 15) is 4.79 Å². The van der Waals surface area contributed by atoms with Crippen LogP contribution in [-0.4, -0.2) is 56.8 Å². The Kier molecular flexibility index (Phi) is 5.37. The van der Waals surface area contributed by atoms with E-state index < -0.39 is 0 Å². The second kappa shape index (κ2) is 7.07. The average molecular weight is 329 g/mol. The van der Waals surface area contributed by atoms with Gasteiger partial charge in [0.05, 0.1) is 7.11 Å². The number of benzene rings is 1. The van der Waals surface area contributed by atoms with Gasteiger partial charge in [-0.1, -0.05) is 0 Å². The molecule has 1 unspecified atom stereocenters. The summed E-state index contributed by atoms with van der Waals surface area (Å²) in [5, 5.41) is 3.33. The van der Waals surface area contributed by atoms with Crippen molar-refractivity contribution in [2.24, 2.45) is 0 Å². The van der Waals surface area contributed by atoms with Crippen LogP contribution in [0.2, 0.25) is 0 Å². The third kappa shape index (κ3) is 3.23. The number of amides is 1. The van der Waals surface area contributed by atoms with E-state index >= 15 is 0 Å². The summed E-state index contributed by atoms with van der Waals surface area (Å²) >= 11 is 0. The molecule has 1 amide bonds. The quantitative estimate of drug-likeness (QED) is 0.887. The van der Waals surface area contributed by atoms with E-state index in [0.717, 1.165) is 6.54 Å². The Morgan fingerprint density at radius 3 is 2.86 bits per heavy atom. The van der Waals surface area contributed by atoms with Crippen molar-refractivity contribution >= 4 is 18.3 Å². The number of hydrogen-bond acceptors (Lipinski definition) is 5. The molecule has 2 aliphatic rings. The number of ether oxygens (including phenoxy) is 3. The normalized spacial score (nSPS) is 20.1. The molecule has 0 radical (unpaired) electrons. The molecule has 7 heteroatoms. The van der Waals surface area contributed by atoms with Crippen molar-refractivity contribution in [3.8, 4) is 17.2 Å². The van der Waals surface area contributed by atoms with Crippen molar-refractivity contribution in [1.29, 1.82) is 0 Å². The molecule has 1 aromatic carbocycles. The maximum absolute atomic E-state index is 12.6. The second-order valence-corrected chi connectivity index (χ2v) is 5.31. The minimum Gasteiger partial charge on any atom is -0.493 e. The second-order valence-electron chi connectivity index (χ2n) is 5.31. The monoisotopic (exact) mass is 328 g/mol. The third-order valence-corrected chi connectivity index (χ3v) is 3.73. The van der Waals surface area contributed by atoms with E-state index in [0.29, 0.717) is 55.2 Å². The van der Waals surface area contributed by atoms with Crippen molar-refractivity contribution in [2.75, 3.05) is 40.0 Å². The molecular weight excluding hydrogens is 308 g/mol. The Morgan fingerprint density at radius 2 is 2.14 bits per heavy atom. The van der Waals surface area contributed by atoms with Crippen LogP contribution in [0.3, 0.4) is 0 Å². The van der Waals surface area contributed by atoms with Crippen LogP contribution < -0.4 is 19.5 Å². The predicted molar refractivity (Wildman–Crippen MR) is 84.6 cm³/mol. The molecule has 0 bridgehead atoms. The first kappa shape index (κ1) is 16.7. The zero-order chi connectivity index (χ0) is 14.8. The van der Waals surface area contributed by atoms with E-state index in [-0.39, 0.29) is 18.3 Å². The van der Waals surface area contributed by atoms with E-state index in [1.807, 2.05) is 4.90 Å². The minimum atomic E-state index is -0.00127. The van der Waals surface area contributed by atoms with Gasteiger partial charge in [-0.3, -0.25) is 4.79 Å². The third-order valence-electron chi connectivity index (χ3n) is 3.73. The largest absolute Gasteiger partial charge is 0.493 e. The van der Waals surface area contributed by atoms with Gasteiger partial charge < -0.3 is 24.4 Å². The lowest BCUT2D eigenvalue weighted by Crippen LogP contribution is -2.51. The number of rotatable bonds is 2. The van der Waals surface area contributed by atoms with Crippen LogP contribution in [0, 0.1) is 0 Å². The molecule has 122 valence electrons. The summed E-state index contributed by atoms with van der Waals surface area (Å²) in [5.74, 6) is 1.69. The zero-order valence-corrected chi connectivity index (χ0v) is 13.6. The molecule has 2 aliphatic heterocycles. The van der Waals surface area contributed by atoms with E-state index in [1.165, 1.54) is 0 Å². The molecule has 3 rings (SSSR count). The Balaban J connectivity index is 0.00000176. The highest BCUT2D eigenvalue weighted by atomic mass is 35.5. The van der Waals surface area contributed by atoms with Gasteiger partial charge in [0.1, 0.15) is 13.2 Å². The summed E-state index contributed by atoms with van der Waals surface area (Å²) in [6, 6.07) is 3.77. The number of nitrogens with one attached hydrogen (secondary N) is 1. The number of fused-ring (bicyclic) bond motifs is 1. The van der Waals surface area contributed by atoms with Crippen molar-refractivity contribution < 1.29 is 19.0 Å². The SMILES string of the molecule is COc1cc(C(=O)N2CCNC(C)C2)cc2c1OCCO2.Cl. The first-order chi connectivity index (χ1) is 10.2. The highest BCUT2D eigenvalue weighted by molar-refractivity contribution is 5.95. The summed E-state index contributed by atoms with van der Waals surface area (Å²) in [6.07, 6.45) is 0. The van der Waals surface area contributed by atoms with Gasteiger partial charge in [0.2, 0.25) is 5.75 Å². The lowest BCUT2D eigenvalue weighted by atomic mass is 10.1. The number of carbonyl (C=O) groups is 1. The van der Waals surface area contributed by atoms with E-state index in [1.54, 1.807) is 19.2 Å². The Morgan fingerprint density at radius 1 is 1.36 bits per heavy atom. The maximum Gasteiger partial charge on any atom is 0.254 e. The van der Waals surface area contributed by atoms with Gasteiger partial charge in [-0.05, 0) is 19.1 Å². The van der Waals surface area contributed by atoms with Gasteiger partial charge >= 0.3 is 0 Å². The standard InChI is InChI=1S/C15H20N2O4.ClH/c1-10-9-17(4-3-16-10)15(18)11-7-12(19-2)14-13(8-11)20-5-6-21-14;/h7-8,10,16H,3-6,9H2,1-2H3;1H. The summed E-state index contributed by atoms with van der Waals surface area (Å²) in [7, 11) is 1.56. The fourth-order valence-electron chi connectivity index (χ4n) is 2.70. The molecule has 2 heterocycles. The molecule has 1 aromatic rings. The zero-order valence-electron chi connectivity index (χ0n) is 12.8. The smallest absolute Gasteiger partial charge is 0.254 e. The molecule has 0 aromatic heterocycles. The summed E-state index contributed by atoms with van der Waals surface area (Å²) < 4.78 is 16.5. The maximum atomic E-state index is 12.6. The fourth-order valence-corrected chi connectivity index (χ4v) is 2.70. The van der Waals surface area contributed by atoms with Gasteiger partial charge in [-0.25, -0.2) is 0 Å². The number of nitrogens with zero attached hydrogens (tertiary/aromatic N) is 1. The van der Waals surface area contributed by atoms with Crippen LogP contribution in [-0.2, 0) is 0 Å². The first-order valence-electron chi connectivity index (χ1n) is 7.19. The van der Waals surface area contributed by atoms with Crippen molar-refractivity contribution in [1.82, 2.24) is 10.2 Å². The lowest BCUT2D eigenvalue weighted by Gasteiger charge is -2.32. The first-order valence-corrected chi connectivity index (χ1v) is 7.19. The molecule has 0 spiro atoms. The molecule has 22 heavy (non-hydrogen) atoms. The highest BCUT2D eigenvalue weighted by Gasteiger charge is 2.25. The average Bonchev–Trinajstić information content (AvgIpc) is 2.53. The van der Waals surface area contributed by atoms with Gasteiger partial charge in [0.25, 0.3) is 5.91 Å². The number of hydrogen-bond donors (Lipinski definition) is 1. The van der Waals surface area contributed by atoms with E-state index in [2.05, 4.69) is 12.2 Å². The molecule has 1 fully saturated rings. The van der Waals surface area contributed by atoms with Crippen LogP contribution in [0.4, 0.5) is 0 Å².